The number of benzene rings is 2. The van der Waals surface area contributed by atoms with E-state index < -0.39 is 0 Å². The number of rotatable bonds is 2. The molecule has 1 atom stereocenters. The number of morpholine rings is 1. The Morgan fingerprint density at radius 1 is 1.12 bits per heavy atom. The first-order chi connectivity index (χ1) is 11.7. The third kappa shape index (κ3) is 2.59. The molecule has 24 heavy (non-hydrogen) atoms. The number of nitrogens with one attached hydrogen (secondary N) is 1. The quantitative estimate of drug-likeness (QED) is 0.783. The van der Waals surface area contributed by atoms with Crippen LogP contribution < -0.4 is 0 Å². The standard InChI is InChI=1S/C20H20N2O2/c1-14-19(16-9-5-6-10-17(16)21-14)20(23)22-11-12-24-18(13-22)15-7-3-2-4-8-15/h2-10,18,21H,11-13H2,1H3. The molecule has 0 radical (unpaired) electrons. The van der Waals surface area contributed by atoms with Gasteiger partial charge in [0.25, 0.3) is 5.91 Å². The summed E-state index contributed by atoms with van der Waals surface area (Å²) in [4.78, 5) is 18.3. The SMILES string of the molecule is Cc1[nH]c2ccccc2c1C(=O)N1CCOC(c2ccccc2)C1. The van der Waals surface area contributed by atoms with Crippen molar-refractivity contribution in [3.63, 3.8) is 0 Å². The molecule has 2 heterocycles. The van der Waals surface area contributed by atoms with Crippen LogP contribution >= 0.6 is 0 Å². The number of fused-ring (bicyclic) bond motifs is 1. The van der Waals surface area contributed by atoms with E-state index in [0.29, 0.717) is 19.7 Å². The van der Waals surface area contributed by atoms with Crippen LogP contribution in [0.1, 0.15) is 27.7 Å². The van der Waals surface area contributed by atoms with Crippen molar-refractivity contribution in [2.24, 2.45) is 0 Å². The van der Waals surface area contributed by atoms with Crippen LogP contribution in [0.5, 0.6) is 0 Å². The zero-order valence-electron chi connectivity index (χ0n) is 13.7. The van der Waals surface area contributed by atoms with Crippen LogP contribution in [-0.2, 0) is 4.74 Å². The fourth-order valence-corrected chi connectivity index (χ4v) is 3.41. The van der Waals surface area contributed by atoms with Gasteiger partial charge in [-0.1, -0.05) is 48.5 Å². The van der Waals surface area contributed by atoms with Crippen LogP contribution in [0.4, 0.5) is 0 Å². The van der Waals surface area contributed by atoms with Crippen molar-refractivity contribution in [1.29, 1.82) is 0 Å². The Hall–Kier alpha value is -2.59. The van der Waals surface area contributed by atoms with Crippen LogP contribution in [0.3, 0.4) is 0 Å². The summed E-state index contributed by atoms with van der Waals surface area (Å²) in [5, 5.41) is 0.989. The number of nitrogens with zero attached hydrogens (tertiary/aromatic N) is 1. The topological polar surface area (TPSA) is 45.3 Å². The molecule has 1 aliphatic rings. The summed E-state index contributed by atoms with van der Waals surface area (Å²) >= 11 is 0. The summed E-state index contributed by atoms with van der Waals surface area (Å²) in [6.45, 7) is 3.73. The summed E-state index contributed by atoms with van der Waals surface area (Å²) in [5.74, 6) is 0.0779. The van der Waals surface area contributed by atoms with Gasteiger partial charge in [0.05, 0.1) is 18.7 Å². The summed E-state index contributed by atoms with van der Waals surface area (Å²) in [6, 6.07) is 18.1. The molecular weight excluding hydrogens is 300 g/mol. The van der Waals surface area contributed by atoms with Crippen LogP contribution in [0.15, 0.2) is 54.6 Å². The number of H-pyrrole nitrogens is 1. The molecule has 0 aliphatic carbocycles. The smallest absolute Gasteiger partial charge is 0.256 e. The van der Waals surface area contributed by atoms with Crippen molar-refractivity contribution in [3.8, 4) is 0 Å². The van der Waals surface area contributed by atoms with Crippen LogP contribution in [0, 0.1) is 6.92 Å². The maximum atomic E-state index is 13.1. The molecule has 1 unspecified atom stereocenters. The average Bonchev–Trinajstić information content (AvgIpc) is 2.97. The molecule has 4 heteroatoms. The number of hydrogen-bond acceptors (Lipinski definition) is 2. The van der Waals surface area contributed by atoms with Gasteiger partial charge < -0.3 is 14.6 Å². The Kier molecular flexibility index (Phi) is 3.82. The van der Waals surface area contributed by atoms with Crippen molar-refractivity contribution in [2.45, 2.75) is 13.0 Å². The van der Waals surface area contributed by atoms with E-state index in [-0.39, 0.29) is 12.0 Å². The molecule has 0 bridgehead atoms. The minimum absolute atomic E-state index is 0.0607. The van der Waals surface area contributed by atoms with Crippen molar-refractivity contribution < 1.29 is 9.53 Å². The normalized spacial score (nSPS) is 18.0. The minimum atomic E-state index is -0.0607. The van der Waals surface area contributed by atoms with Crippen LogP contribution in [-0.4, -0.2) is 35.5 Å². The lowest BCUT2D eigenvalue weighted by molar-refractivity contribution is -0.0227. The van der Waals surface area contributed by atoms with E-state index in [0.717, 1.165) is 27.7 Å². The Balaban J connectivity index is 1.63. The highest BCUT2D eigenvalue weighted by Crippen LogP contribution is 2.27. The fourth-order valence-electron chi connectivity index (χ4n) is 3.41. The largest absolute Gasteiger partial charge is 0.370 e. The van der Waals surface area contributed by atoms with E-state index >= 15 is 0 Å². The number of carbonyl (C=O) groups is 1. The van der Waals surface area contributed by atoms with Gasteiger partial charge in [0.15, 0.2) is 0 Å². The van der Waals surface area contributed by atoms with Gasteiger partial charge in [-0.2, -0.15) is 0 Å². The number of carbonyl (C=O) groups excluding carboxylic acids is 1. The Morgan fingerprint density at radius 3 is 2.71 bits per heavy atom. The molecular formula is C20H20N2O2. The molecule has 1 saturated heterocycles. The highest BCUT2D eigenvalue weighted by molar-refractivity contribution is 6.08. The third-order valence-corrected chi connectivity index (χ3v) is 4.63. The van der Waals surface area contributed by atoms with E-state index in [1.807, 2.05) is 54.3 Å². The van der Waals surface area contributed by atoms with E-state index in [1.54, 1.807) is 0 Å². The molecule has 1 aliphatic heterocycles. The Labute approximate surface area is 141 Å². The number of amides is 1. The first kappa shape index (κ1) is 15.0. The highest BCUT2D eigenvalue weighted by atomic mass is 16.5. The lowest BCUT2D eigenvalue weighted by Crippen LogP contribution is -2.42. The Bertz CT molecular complexity index is 870. The monoisotopic (exact) mass is 320 g/mol. The van der Waals surface area contributed by atoms with Crippen LogP contribution in [0.2, 0.25) is 0 Å². The molecule has 122 valence electrons. The second kappa shape index (κ2) is 6.13. The molecule has 1 N–H and O–H groups in total. The predicted molar refractivity (Wildman–Crippen MR) is 94.1 cm³/mol. The summed E-state index contributed by atoms with van der Waals surface area (Å²) < 4.78 is 5.88. The average molecular weight is 320 g/mol. The van der Waals surface area contributed by atoms with Crippen molar-refractivity contribution >= 4 is 16.8 Å². The maximum Gasteiger partial charge on any atom is 0.256 e. The van der Waals surface area contributed by atoms with Gasteiger partial charge in [-0.15, -0.1) is 0 Å². The molecule has 4 rings (SSSR count). The second-order valence-electron chi connectivity index (χ2n) is 6.19. The second-order valence-corrected chi connectivity index (χ2v) is 6.19. The zero-order valence-corrected chi connectivity index (χ0v) is 13.7. The minimum Gasteiger partial charge on any atom is -0.370 e. The van der Waals surface area contributed by atoms with Crippen molar-refractivity contribution in [1.82, 2.24) is 9.88 Å². The van der Waals surface area contributed by atoms with Gasteiger partial charge in [-0.3, -0.25) is 4.79 Å². The maximum absolute atomic E-state index is 13.1. The van der Waals surface area contributed by atoms with Gasteiger partial charge in [0, 0.05) is 23.1 Å². The van der Waals surface area contributed by atoms with E-state index in [9.17, 15) is 4.79 Å². The number of para-hydroxylation sites is 1. The summed E-state index contributed by atoms with van der Waals surface area (Å²) in [6.07, 6.45) is -0.0607. The molecule has 1 aromatic heterocycles. The number of aromatic amines is 1. The molecule has 3 aromatic rings. The highest BCUT2D eigenvalue weighted by Gasteiger charge is 2.28. The van der Waals surface area contributed by atoms with E-state index in [1.165, 1.54) is 0 Å². The van der Waals surface area contributed by atoms with Gasteiger partial charge >= 0.3 is 0 Å². The molecule has 1 amide bonds. The molecule has 1 fully saturated rings. The third-order valence-electron chi connectivity index (χ3n) is 4.63. The molecule has 2 aromatic carbocycles. The molecule has 0 spiro atoms. The first-order valence-electron chi connectivity index (χ1n) is 8.27. The van der Waals surface area contributed by atoms with Crippen molar-refractivity contribution in [2.75, 3.05) is 19.7 Å². The molecule has 0 saturated carbocycles. The van der Waals surface area contributed by atoms with Gasteiger partial charge in [-0.05, 0) is 18.6 Å². The Morgan fingerprint density at radius 2 is 1.88 bits per heavy atom. The predicted octanol–water partition coefficient (Wildman–Crippen LogP) is 3.69. The first-order valence-corrected chi connectivity index (χ1v) is 8.27. The number of aryl methyl sites for hydroxylation is 1. The number of ether oxygens (including phenoxy) is 1. The van der Waals surface area contributed by atoms with Gasteiger partial charge in [0.2, 0.25) is 0 Å². The van der Waals surface area contributed by atoms with E-state index in [2.05, 4.69) is 17.1 Å². The summed E-state index contributed by atoms with van der Waals surface area (Å²) in [5.41, 5.74) is 3.82. The van der Waals surface area contributed by atoms with Gasteiger partial charge in [0.1, 0.15) is 6.10 Å². The van der Waals surface area contributed by atoms with Crippen molar-refractivity contribution in [3.05, 3.63) is 71.4 Å². The fraction of sp³-hybridized carbons (Fsp3) is 0.250. The molecule has 4 nitrogen and oxygen atoms in total. The lowest BCUT2D eigenvalue weighted by atomic mass is 10.1. The lowest BCUT2D eigenvalue weighted by Gasteiger charge is -2.33. The van der Waals surface area contributed by atoms with Gasteiger partial charge in [-0.25, -0.2) is 0 Å². The van der Waals surface area contributed by atoms with E-state index in [4.69, 9.17) is 4.74 Å². The van der Waals surface area contributed by atoms with Crippen LogP contribution in [0.25, 0.3) is 10.9 Å². The zero-order chi connectivity index (χ0) is 16.5. The summed E-state index contributed by atoms with van der Waals surface area (Å²) in [7, 11) is 0. The number of hydrogen-bond donors (Lipinski definition) is 1. The number of aromatic nitrogens is 1.